The minimum absolute atomic E-state index is 0.0614. The molecule has 168 valence electrons. The Morgan fingerprint density at radius 3 is 2.81 bits per heavy atom. The van der Waals surface area contributed by atoms with Gasteiger partial charge in [0.05, 0.1) is 11.4 Å². The van der Waals surface area contributed by atoms with Gasteiger partial charge in [-0.15, -0.1) is 0 Å². The van der Waals surface area contributed by atoms with Crippen molar-refractivity contribution in [3.63, 3.8) is 0 Å². The topological polar surface area (TPSA) is 69.0 Å². The van der Waals surface area contributed by atoms with E-state index in [0.29, 0.717) is 18.0 Å². The number of imidazole rings is 1. The molecule has 0 atom stereocenters. The minimum Gasteiger partial charge on any atom is -0.368 e. The minimum atomic E-state index is -0.516. The number of urea groups is 1. The molecule has 32 heavy (non-hydrogen) atoms. The van der Waals surface area contributed by atoms with E-state index in [1.165, 1.54) is 6.07 Å². The fourth-order valence-electron chi connectivity index (χ4n) is 4.62. The summed E-state index contributed by atoms with van der Waals surface area (Å²) >= 11 is 0. The average Bonchev–Trinajstić information content (AvgIpc) is 3.32. The summed E-state index contributed by atoms with van der Waals surface area (Å²) in [6.45, 7) is 9.65. The Balaban J connectivity index is 1.40. The van der Waals surface area contributed by atoms with Crippen molar-refractivity contribution in [1.82, 2.24) is 19.3 Å². The van der Waals surface area contributed by atoms with Crippen LogP contribution in [0.25, 0.3) is 5.65 Å². The van der Waals surface area contributed by atoms with Gasteiger partial charge in [0.1, 0.15) is 11.5 Å². The van der Waals surface area contributed by atoms with Crippen LogP contribution in [0.4, 0.5) is 26.4 Å². The van der Waals surface area contributed by atoms with Crippen LogP contribution in [0.1, 0.15) is 25.1 Å². The quantitative estimate of drug-likeness (QED) is 0.666. The highest BCUT2D eigenvalue weighted by atomic mass is 19.1. The summed E-state index contributed by atoms with van der Waals surface area (Å²) in [6, 6.07) is 2.98. The number of halogens is 1. The van der Waals surface area contributed by atoms with E-state index in [9.17, 15) is 9.18 Å². The van der Waals surface area contributed by atoms with Crippen molar-refractivity contribution in [2.75, 3.05) is 48.3 Å². The Hall–Kier alpha value is -3.20. The van der Waals surface area contributed by atoms with Crippen LogP contribution in [0, 0.1) is 12.7 Å². The number of carbonyl (C=O) groups is 1. The van der Waals surface area contributed by atoms with Gasteiger partial charge in [-0.2, -0.15) is 0 Å². The molecule has 0 aliphatic carbocycles. The summed E-state index contributed by atoms with van der Waals surface area (Å²) in [6.07, 6.45) is 5.82. The Morgan fingerprint density at radius 1 is 1.22 bits per heavy atom. The van der Waals surface area contributed by atoms with E-state index in [-0.39, 0.29) is 17.3 Å². The monoisotopic (exact) mass is 437 g/mol. The number of hydrogen-bond donors (Lipinski definition) is 1. The van der Waals surface area contributed by atoms with Crippen LogP contribution >= 0.6 is 0 Å². The van der Waals surface area contributed by atoms with Crippen molar-refractivity contribution < 1.29 is 9.18 Å². The molecule has 5 rings (SSSR count). The molecule has 0 aromatic carbocycles. The van der Waals surface area contributed by atoms with Crippen molar-refractivity contribution >= 4 is 28.9 Å². The molecule has 0 saturated carbocycles. The molecule has 1 fully saturated rings. The summed E-state index contributed by atoms with van der Waals surface area (Å²) in [5.74, 6) is 0.133. The first-order valence-electron chi connectivity index (χ1n) is 10.9. The maximum absolute atomic E-state index is 14.6. The van der Waals surface area contributed by atoms with Crippen LogP contribution in [0.5, 0.6) is 0 Å². The second-order valence-corrected chi connectivity index (χ2v) is 9.30. The maximum atomic E-state index is 14.6. The van der Waals surface area contributed by atoms with E-state index >= 15 is 0 Å². The number of likely N-dealkylation sites (N-methyl/N-ethyl adjacent to an activating group) is 1. The largest absolute Gasteiger partial charge is 0.368 e. The summed E-state index contributed by atoms with van der Waals surface area (Å²) in [7, 11) is 2.15. The van der Waals surface area contributed by atoms with Crippen LogP contribution in [0.15, 0.2) is 30.7 Å². The van der Waals surface area contributed by atoms with Crippen molar-refractivity contribution in [3.05, 3.63) is 47.8 Å². The molecule has 5 heterocycles. The van der Waals surface area contributed by atoms with Gasteiger partial charge in [-0.1, -0.05) is 0 Å². The first kappa shape index (κ1) is 20.7. The van der Waals surface area contributed by atoms with Crippen LogP contribution in [0.2, 0.25) is 0 Å². The van der Waals surface area contributed by atoms with Gasteiger partial charge in [0, 0.05) is 67.6 Å². The predicted molar refractivity (Wildman–Crippen MR) is 123 cm³/mol. The first-order valence-corrected chi connectivity index (χ1v) is 10.9. The molecule has 2 aliphatic rings. The predicted octanol–water partition coefficient (Wildman–Crippen LogP) is 3.30. The van der Waals surface area contributed by atoms with Crippen molar-refractivity contribution in [1.29, 1.82) is 0 Å². The Bertz CT molecular complexity index is 1200. The molecule has 2 aliphatic heterocycles. The van der Waals surface area contributed by atoms with E-state index < -0.39 is 5.82 Å². The molecular weight excluding hydrogens is 409 g/mol. The van der Waals surface area contributed by atoms with Crippen LogP contribution in [-0.4, -0.2) is 64.1 Å². The third-order valence-corrected chi connectivity index (χ3v) is 6.66. The third kappa shape index (κ3) is 3.46. The summed E-state index contributed by atoms with van der Waals surface area (Å²) in [5, 5.41) is 2.72. The highest BCUT2D eigenvalue weighted by Crippen LogP contribution is 2.36. The molecule has 3 aromatic rings. The standard InChI is InChI=1S/C23H28FN7O/c1-15-12-30-13-18(17(24)11-20(30)26-15)27-22(32)31-8-6-16-19(5-7-25-21(16)31)29-10-9-28(4)23(2,3)14-29/h5,7,11-13H,6,8-10,14H2,1-4H3,(H,27,32). The van der Waals surface area contributed by atoms with Gasteiger partial charge in [0.15, 0.2) is 5.82 Å². The zero-order chi connectivity index (χ0) is 22.6. The highest BCUT2D eigenvalue weighted by Gasteiger charge is 2.35. The molecule has 3 aromatic heterocycles. The number of fused-ring (bicyclic) bond motifs is 2. The number of hydrogen-bond acceptors (Lipinski definition) is 5. The molecule has 0 unspecified atom stereocenters. The number of carbonyl (C=O) groups excluding carboxylic acids is 1. The molecule has 0 spiro atoms. The normalized spacial score (nSPS) is 18.3. The van der Waals surface area contributed by atoms with Crippen LogP contribution < -0.4 is 15.1 Å². The molecule has 0 radical (unpaired) electrons. The van der Waals surface area contributed by atoms with E-state index in [1.807, 2.05) is 13.0 Å². The second-order valence-electron chi connectivity index (χ2n) is 9.30. The average molecular weight is 438 g/mol. The highest BCUT2D eigenvalue weighted by molar-refractivity contribution is 6.03. The smallest absolute Gasteiger partial charge is 0.327 e. The number of piperazine rings is 1. The van der Waals surface area contributed by atoms with Gasteiger partial charge < -0.3 is 14.6 Å². The second kappa shape index (κ2) is 7.44. The van der Waals surface area contributed by atoms with E-state index in [2.05, 4.69) is 46.0 Å². The zero-order valence-electron chi connectivity index (χ0n) is 18.9. The number of aromatic nitrogens is 3. The molecule has 8 nitrogen and oxygen atoms in total. The maximum Gasteiger partial charge on any atom is 0.327 e. The Kier molecular flexibility index (Phi) is 4.81. The lowest BCUT2D eigenvalue weighted by Gasteiger charge is -2.46. The summed E-state index contributed by atoms with van der Waals surface area (Å²) in [5.41, 5.74) is 3.67. The fraction of sp³-hybridized carbons (Fsp3) is 0.435. The molecule has 9 heteroatoms. The number of anilines is 3. The van der Waals surface area contributed by atoms with Crippen molar-refractivity contribution in [2.45, 2.75) is 32.7 Å². The molecule has 1 saturated heterocycles. The Labute approximate surface area is 186 Å². The number of amides is 2. The number of aryl methyl sites for hydroxylation is 1. The van der Waals surface area contributed by atoms with Crippen LogP contribution in [-0.2, 0) is 6.42 Å². The Morgan fingerprint density at radius 2 is 2.03 bits per heavy atom. The first-order chi connectivity index (χ1) is 15.2. The van der Waals surface area contributed by atoms with Crippen molar-refractivity contribution in [2.24, 2.45) is 0 Å². The van der Waals surface area contributed by atoms with E-state index in [4.69, 9.17) is 0 Å². The van der Waals surface area contributed by atoms with E-state index in [1.54, 1.807) is 27.9 Å². The van der Waals surface area contributed by atoms with E-state index in [0.717, 1.165) is 43.0 Å². The lowest BCUT2D eigenvalue weighted by atomic mass is 9.98. The molecular formula is C23H28FN7O. The van der Waals surface area contributed by atoms with Gasteiger partial charge in [0.2, 0.25) is 0 Å². The lowest BCUT2D eigenvalue weighted by Crippen LogP contribution is -2.57. The summed E-state index contributed by atoms with van der Waals surface area (Å²) in [4.78, 5) is 28.2. The number of nitrogens with zero attached hydrogens (tertiary/aromatic N) is 6. The van der Waals surface area contributed by atoms with Crippen molar-refractivity contribution in [3.8, 4) is 0 Å². The van der Waals surface area contributed by atoms with Gasteiger partial charge >= 0.3 is 6.03 Å². The van der Waals surface area contributed by atoms with Gasteiger partial charge in [-0.05, 0) is 40.3 Å². The molecule has 0 bridgehead atoms. The van der Waals surface area contributed by atoms with Gasteiger partial charge in [-0.25, -0.2) is 19.2 Å². The molecule has 1 N–H and O–H groups in total. The number of nitrogens with one attached hydrogen (secondary N) is 1. The molecule has 2 amide bonds. The zero-order valence-corrected chi connectivity index (χ0v) is 18.9. The SMILES string of the molecule is Cc1cn2cc(NC(=O)N3CCc4c(N5CCN(C)C(C)(C)C5)ccnc43)c(F)cc2n1. The lowest BCUT2D eigenvalue weighted by molar-refractivity contribution is 0.139. The van der Waals surface area contributed by atoms with Gasteiger partial charge in [-0.3, -0.25) is 9.80 Å². The number of rotatable bonds is 2. The van der Waals surface area contributed by atoms with Crippen LogP contribution in [0.3, 0.4) is 0 Å². The summed E-state index contributed by atoms with van der Waals surface area (Å²) < 4.78 is 16.3. The van der Waals surface area contributed by atoms with Gasteiger partial charge in [0.25, 0.3) is 0 Å². The number of pyridine rings is 2. The fourth-order valence-corrected chi connectivity index (χ4v) is 4.62. The third-order valence-electron chi connectivity index (χ3n) is 6.66.